The maximum Gasteiger partial charge on any atom is 0.0348 e. The van der Waals surface area contributed by atoms with E-state index in [1.165, 1.54) is 55.0 Å². The SMILES string of the molecule is CCC1CCCC(Nc2ccc3ccccc3c2)CC1. The summed E-state index contributed by atoms with van der Waals surface area (Å²) in [6, 6.07) is 16.0. The first-order chi connectivity index (χ1) is 9.85. The summed E-state index contributed by atoms with van der Waals surface area (Å²) in [5, 5.41) is 6.41. The van der Waals surface area contributed by atoms with Gasteiger partial charge in [-0.15, -0.1) is 0 Å². The normalized spacial score (nSPS) is 23.4. The predicted molar refractivity (Wildman–Crippen MR) is 88.2 cm³/mol. The Labute approximate surface area is 122 Å². The highest BCUT2D eigenvalue weighted by Gasteiger charge is 2.17. The van der Waals surface area contributed by atoms with Crippen molar-refractivity contribution in [2.24, 2.45) is 5.92 Å². The highest BCUT2D eigenvalue weighted by molar-refractivity contribution is 5.85. The van der Waals surface area contributed by atoms with Crippen molar-refractivity contribution in [3.63, 3.8) is 0 Å². The zero-order valence-electron chi connectivity index (χ0n) is 12.4. The largest absolute Gasteiger partial charge is 0.382 e. The molecule has 0 heterocycles. The number of hydrogen-bond donors (Lipinski definition) is 1. The summed E-state index contributed by atoms with van der Waals surface area (Å²) in [6.45, 7) is 2.34. The molecule has 1 fully saturated rings. The molecule has 1 nitrogen and oxygen atoms in total. The van der Waals surface area contributed by atoms with Gasteiger partial charge in [-0.3, -0.25) is 0 Å². The number of benzene rings is 2. The second-order valence-corrected chi connectivity index (χ2v) is 6.19. The van der Waals surface area contributed by atoms with Crippen LogP contribution < -0.4 is 5.32 Å². The Morgan fingerprint density at radius 1 is 0.950 bits per heavy atom. The van der Waals surface area contributed by atoms with Crippen molar-refractivity contribution >= 4 is 16.5 Å². The Hall–Kier alpha value is -1.50. The van der Waals surface area contributed by atoms with Gasteiger partial charge in [0.2, 0.25) is 0 Å². The minimum absolute atomic E-state index is 0.660. The predicted octanol–water partition coefficient (Wildman–Crippen LogP) is 5.61. The molecule has 2 unspecified atom stereocenters. The molecular formula is C19H25N. The average molecular weight is 267 g/mol. The van der Waals surface area contributed by atoms with Crippen molar-refractivity contribution in [3.05, 3.63) is 42.5 Å². The Morgan fingerprint density at radius 2 is 1.80 bits per heavy atom. The first-order valence-electron chi connectivity index (χ1n) is 8.10. The fraction of sp³-hybridized carbons (Fsp3) is 0.474. The van der Waals surface area contributed by atoms with Crippen molar-refractivity contribution in [1.82, 2.24) is 0 Å². The van der Waals surface area contributed by atoms with Gasteiger partial charge in [0.1, 0.15) is 0 Å². The highest BCUT2D eigenvalue weighted by Crippen LogP contribution is 2.28. The number of rotatable bonds is 3. The number of nitrogens with one attached hydrogen (secondary N) is 1. The van der Waals surface area contributed by atoms with Gasteiger partial charge >= 0.3 is 0 Å². The second kappa shape index (κ2) is 6.30. The van der Waals surface area contributed by atoms with Gasteiger partial charge in [-0.1, -0.05) is 56.5 Å². The highest BCUT2D eigenvalue weighted by atomic mass is 14.9. The minimum Gasteiger partial charge on any atom is -0.382 e. The molecular weight excluding hydrogens is 242 g/mol. The van der Waals surface area contributed by atoms with Crippen LogP contribution in [0.3, 0.4) is 0 Å². The van der Waals surface area contributed by atoms with Crippen molar-refractivity contribution in [2.45, 2.75) is 51.5 Å². The third-order valence-corrected chi connectivity index (χ3v) is 4.79. The molecule has 0 spiro atoms. The van der Waals surface area contributed by atoms with Gasteiger partial charge in [0, 0.05) is 11.7 Å². The third-order valence-electron chi connectivity index (χ3n) is 4.79. The molecule has 0 bridgehead atoms. The number of hydrogen-bond acceptors (Lipinski definition) is 1. The lowest BCUT2D eigenvalue weighted by atomic mass is 9.98. The lowest BCUT2D eigenvalue weighted by molar-refractivity contribution is 0.444. The van der Waals surface area contributed by atoms with E-state index < -0.39 is 0 Å². The van der Waals surface area contributed by atoms with Gasteiger partial charge in [0.05, 0.1) is 0 Å². The Morgan fingerprint density at radius 3 is 2.65 bits per heavy atom. The van der Waals surface area contributed by atoms with E-state index in [-0.39, 0.29) is 0 Å². The monoisotopic (exact) mass is 267 g/mol. The van der Waals surface area contributed by atoms with Gasteiger partial charge in [-0.2, -0.15) is 0 Å². The Kier molecular flexibility index (Phi) is 4.25. The molecule has 1 heteroatoms. The fourth-order valence-corrected chi connectivity index (χ4v) is 3.45. The van der Waals surface area contributed by atoms with Crippen LogP contribution in [0.15, 0.2) is 42.5 Å². The van der Waals surface area contributed by atoms with E-state index in [4.69, 9.17) is 0 Å². The van der Waals surface area contributed by atoms with Crippen LogP contribution in [0, 0.1) is 5.92 Å². The summed E-state index contributed by atoms with van der Waals surface area (Å²) in [5.41, 5.74) is 1.28. The lowest BCUT2D eigenvalue weighted by Crippen LogP contribution is -2.18. The molecule has 2 aromatic carbocycles. The van der Waals surface area contributed by atoms with Crippen molar-refractivity contribution in [2.75, 3.05) is 5.32 Å². The van der Waals surface area contributed by atoms with Crippen LogP contribution in [0.1, 0.15) is 45.4 Å². The summed E-state index contributed by atoms with van der Waals surface area (Å²) in [5.74, 6) is 0.957. The first-order valence-corrected chi connectivity index (χ1v) is 8.10. The fourth-order valence-electron chi connectivity index (χ4n) is 3.45. The molecule has 0 amide bonds. The van der Waals surface area contributed by atoms with Crippen LogP contribution in [0.4, 0.5) is 5.69 Å². The van der Waals surface area contributed by atoms with E-state index >= 15 is 0 Å². The molecule has 106 valence electrons. The summed E-state index contributed by atoms with van der Waals surface area (Å²) in [6.07, 6.45) is 8.19. The molecule has 0 aliphatic heterocycles. The van der Waals surface area contributed by atoms with Crippen LogP contribution in [0.2, 0.25) is 0 Å². The Bertz CT molecular complexity index is 560. The van der Waals surface area contributed by atoms with Crippen LogP contribution in [0.25, 0.3) is 10.8 Å². The summed E-state index contributed by atoms with van der Waals surface area (Å²) < 4.78 is 0. The summed E-state index contributed by atoms with van der Waals surface area (Å²) in [4.78, 5) is 0. The molecule has 1 aliphatic rings. The molecule has 1 saturated carbocycles. The molecule has 20 heavy (non-hydrogen) atoms. The number of fused-ring (bicyclic) bond motifs is 1. The third kappa shape index (κ3) is 3.15. The molecule has 0 saturated heterocycles. The number of anilines is 1. The topological polar surface area (TPSA) is 12.0 Å². The second-order valence-electron chi connectivity index (χ2n) is 6.19. The van der Waals surface area contributed by atoms with Gasteiger partial charge in [-0.25, -0.2) is 0 Å². The van der Waals surface area contributed by atoms with Gasteiger partial charge in [0.25, 0.3) is 0 Å². The Balaban J connectivity index is 1.69. The van der Waals surface area contributed by atoms with Crippen molar-refractivity contribution in [3.8, 4) is 0 Å². The van der Waals surface area contributed by atoms with Gasteiger partial charge in [0.15, 0.2) is 0 Å². The maximum atomic E-state index is 3.76. The van der Waals surface area contributed by atoms with Crippen LogP contribution >= 0.6 is 0 Å². The van der Waals surface area contributed by atoms with E-state index in [2.05, 4.69) is 54.7 Å². The lowest BCUT2D eigenvalue weighted by Gasteiger charge is -2.18. The van der Waals surface area contributed by atoms with Crippen LogP contribution in [0.5, 0.6) is 0 Å². The molecule has 3 rings (SSSR count). The molecule has 2 atom stereocenters. The minimum atomic E-state index is 0.660. The quantitative estimate of drug-likeness (QED) is 0.713. The van der Waals surface area contributed by atoms with Gasteiger partial charge in [-0.05, 0) is 48.1 Å². The molecule has 1 aliphatic carbocycles. The average Bonchev–Trinajstić information content (AvgIpc) is 2.72. The van der Waals surface area contributed by atoms with Crippen LogP contribution in [-0.4, -0.2) is 6.04 Å². The smallest absolute Gasteiger partial charge is 0.0348 e. The molecule has 1 N–H and O–H groups in total. The van der Waals surface area contributed by atoms with E-state index in [9.17, 15) is 0 Å². The summed E-state index contributed by atoms with van der Waals surface area (Å²) >= 11 is 0. The van der Waals surface area contributed by atoms with Crippen molar-refractivity contribution in [1.29, 1.82) is 0 Å². The first kappa shape index (κ1) is 13.5. The van der Waals surface area contributed by atoms with E-state index in [1.54, 1.807) is 0 Å². The van der Waals surface area contributed by atoms with Gasteiger partial charge < -0.3 is 5.32 Å². The molecule has 2 aromatic rings. The van der Waals surface area contributed by atoms with E-state index in [1.807, 2.05) is 0 Å². The zero-order chi connectivity index (χ0) is 13.8. The maximum absolute atomic E-state index is 3.76. The molecule has 0 radical (unpaired) electrons. The van der Waals surface area contributed by atoms with E-state index in [0.717, 1.165) is 5.92 Å². The van der Waals surface area contributed by atoms with E-state index in [0.29, 0.717) is 6.04 Å². The van der Waals surface area contributed by atoms with Crippen molar-refractivity contribution < 1.29 is 0 Å². The summed E-state index contributed by atoms with van der Waals surface area (Å²) in [7, 11) is 0. The zero-order valence-corrected chi connectivity index (χ0v) is 12.4. The standard InChI is InChI=1S/C19H25N/c1-2-15-6-5-9-18(12-10-15)20-19-13-11-16-7-3-4-8-17(16)14-19/h3-4,7-8,11,13-15,18,20H,2,5-6,9-10,12H2,1H3. The molecule has 0 aromatic heterocycles. The van der Waals surface area contributed by atoms with Crippen LogP contribution in [-0.2, 0) is 0 Å².